The number of aliphatic hydroxyl groups excluding tert-OH is 1. The molecule has 0 bridgehead atoms. The van der Waals surface area contributed by atoms with Gasteiger partial charge in [-0.2, -0.15) is 10.1 Å². The average molecular weight is 658 g/mol. The molecule has 2 aliphatic rings. The third-order valence-corrected chi connectivity index (χ3v) is 8.09. The Balaban J connectivity index is 1.09. The number of hydrogen-bond donors (Lipinski definition) is 2. The summed E-state index contributed by atoms with van der Waals surface area (Å²) in [5, 5.41) is 19.1. The molecule has 0 radical (unpaired) electrons. The second-order valence-corrected chi connectivity index (χ2v) is 11.5. The van der Waals surface area contributed by atoms with Crippen molar-refractivity contribution < 1.29 is 36.6 Å². The van der Waals surface area contributed by atoms with Crippen LogP contribution in [0.3, 0.4) is 0 Å². The minimum absolute atomic E-state index is 0.165. The number of anilines is 1. The molecule has 238 valence electrons. The molecule has 1 saturated heterocycles. The van der Waals surface area contributed by atoms with Crippen LogP contribution in [0.1, 0.15) is 29.0 Å². The second-order valence-electron chi connectivity index (χ2n) is 10.5. The lowest BCUT2D eigenvalue weighted by molar-refractivity contribution is -0.274. The molecule has 6 rings (SSSR count). The number of benzene rings is 3. The number of alkyl halides is 5. The van der Waals surface area contributed by atoms with Gasteiger partial charge in [-0.05, 0) is 53.9 Å². The van der Waals surface area contributed by atoms with E-state index in [0.29, 0.717) is 33.9 Å². The minimum Gasteiger partial charge on any atom is -0.406 e. The molecule has 3 aromatic carbocycles. The highest BCUT2D eigenvalue weighted by Gasteiger charge is 2.58. The predicted octanol–water partition coefficient (Wildman–Crippen LogP) is 6.24. The number of nitrogens with one attached hydrogen (secondary N) is 1. The van der Waals surface area contributed by atoms with Gasteiger partial charge in [-0.1, -0.05) is 48.2 Å². The van der Waals surface area contributed by atoms with Gasteiger partial charge in [0.1, 0.15) is 18.3 Å². The lowest BCUT2D eigenvalue weighted by Crippen LogP contribution is -2.35. The zero-order chi connectivity index (χ0) is 32.6. The molecule has 46 heavy (non-hydrogen) atoms. The molecular formula is C30H24F5N7O3S. The molecule has 1 aliphatic carbocycles. The fourth-order valence-corrected chi connectivity index (χ4v) is 5.74. The van der Waals surface area contributed by atoms with Crippen LogP contribution in [-0.2, 0) is 0 Å². The topological polar surface area (TPSA) is 117 Å². The van der Waals surface area contributed by atoms with Crippen LogP contribution in [0.15, 0.2) is 83.2 Å². The van der Waals surface area contributed by atoms with Crippen LogP contribution >= 0.6 is 11.8 Å². The maximum Gasteiger partial charge on any atom is 0.573 e. The minimum atomic E-state index is -4.78. The molecule has 1 aromatic heterocycles. The van der Waals surface area contributed by atoms with Gasteiger partial charge in [0.25, 0.3) is 5.92 Å². The number of thioether (sulfide) groups is 1. The lowest BCUT2D eigenvalue weighted by Gasteiger charge is -2.25. The van der Waals surface area contributed by atoms with Gasteiger partial charge < -0.3 is 9.84 Å². The van der Waals surface area contributed by atoms with Crippen molar-refractivity contribution >= 4 is 34.9 Å². The largest absolute Gasteiger partial charge is 0.573 e. The van der Waals surface area contributed by atoms with E-state index in [9.17, 15) is 31.9 Å². The van der Waals surface area contributed by atoms with Crippen molar-refractivity contribution in [2.24, 2.45) is 10.1 Å². The van der Waals surface area contributed by atoms with Crippen molar-refractivity contribution in [1.29, 1.82) is 0 Å². The number of amidine groups is 1. The molecule has 4 aromatic rings. The number of hydrogen-bond acceptors (Lipinski definition) is 7. The molecule has 2 amide bonds. The zero-order valence-electron chi connectivity index (χ0n) is 23.8. The predicted molar refractivity (Wildman–Crippen MR) is 161 cm³/mol. The number of aryl methyl sites for hydroxylation is 1. The van der Waals surface area contributed by atoms with Crippen molar-refractivity contribution in [2.45, 2.75) is 37.8 Å². The quantitative estimate of drug-likeness (QED) is 0.137. The molecule has 2 fully saturated rings. The SMILES string of the molecule is Cc1ccc(C2CC2(F)F)c(N2C(=NC(=O)N/N=C/c3ccc(-c4ncn(-c5ccc(OC(F)(F)F)cc5)n4)cc3)SCC2O)c1. The Hall–Kier alpha value is -4.83. The number of urea groups is 1. The van der Waals surface area contributed by atoms with Gasteiger partial charge >= 0.3 is 12.4 Å². The number of carbonyl (C=O) groups is 1. The van der Waals surface area contributed by atoms with Gasteiger partial charge in [0.15, 0.2) is 11.0 Å². The van der Waals surface area contributed by atoms with E-state index < -0.39 is 30.5 Å². The number of rotatable bonds is 7. The Morgan fingerprint density at radius 1 is 1.13 bits per heavy atom. The summed E-state index contributed by atoms with van der Waals surface area (Å²) in [7, 11) is 0. The summed E-state index contributed by atoms with van der Waals surface area (Å²) in [6.07, 6.45) is -3.30. The number of halogens is 5. The average Bonchev–Trinajstić information content (AvgIpc) is 3.30. The van der Waals surface area contributed by atoms with Crippen LogP contribution in [0.5, 0.6) is 5.75 Å². The van der Waals surface area contributed by atoms with E-state index in [4.69, 9.17) is 0 Å². The van der Waals surface area contributed by atoms with Crippen molar-refractivity contribution in [2.75, 3.05) is 10.7 Å². The van der Waals surface area contributed by atoms with E-state index in [1.807, 2.05) is 6.92 Å². The van der Waals surface area contributed by atoms with Crippen LogP contribution in [0, 0.1) is 6.92 Å². The molecular weight excluding hydrogens is 633 g/mol. The first-order chi connectivity index (χ1) is 21.9. The summed E-state index contributed by atoms with van der Waals surface area (Å²) >= 11 is 1.13. The van der Waals surface area contributed by atoms with Gasteiger partial charge in [0.05, 0.1) is 17.8 Å². The maximum atomic E-state index is 13.9. The van der Waals surface area contributed by atoms with Crippen LogP contribution in [0.25, 0.3) is 17.1 Å². The summed E-state index contributed by atoms with van der Waals surface area (Å²) in [6.45, 7) is 1.81. The third-order valence-electron chi connectivity index (χ3n) is 7.08. The summed E-state index contributed by atoms with van der Waals surface area (Å²) in [5.41, 5.74) is 5.65. The third kappa shape index (κ3) is 7.02. The van der Waals surface area contributed by atoms with Crippen LogP contribution < -0.4 is 15.1 Å². The van der Waals surface area contributed by atoms with Crippen LogP contribution in [0.2, 0.25) is 0 Å². The molecule has 2 N–H and O–H groups in total. The van der Waals surface area contributed by atoms with Gasteiger partial charge in [0.2, 0.25) is 0 Å². The summed E-state index contributed by atoms with van der Waals surface area (Å²) in [4.78, 5) is 22.2. The van der Waals surface area contributed by atoms with Gasteiger partial charge in [0, 0.05) is 23.4 Å². The fraction of sp³-hybridized carbons (Fsp3) is 0.233. The first kappa shape index (κ1) is 31.2. The standard InChI is InChI=1S/C30H24F5N7O3S/c1-17-2-11-22(23-13-29(23,31)32)24(12-17)42-25(43)15-46-28(42)38-27(44)39-37-14-18-3-5-19(6-4-18)26-36-16-41(40-26)20-7-9-21(10-8-20)45-30(33,34)35/h2-12,14,16,23,25,43H,13,15H2,1H3,(H,39,44)/b37-14+,38-28?. The Bertz CT molecular complexity index is 1810. The molecule has 1 saturated carbocycles. The number of ether oxygens (including phenoxy) is 1. The molecule has 0 spiro atoms. The highest BCUT2D eigenvalue weighted by molar-refractivity contribution is 8.14. The second kappa shape index (κ2) is 12.2. The molecule has 2 unspecified atom stereocenters. The first-order valence-electron chi connectivity index (χ1n) is 13.7. The fourth-order valence-electron chi connectivity index (χ4n) is 4.79. The summed E-state index contributed by atoms with van der Waals surface area (Å²) < 4.78 is 70.3. The Labute approximate surface area is 262 Å². The molecule has 1 aliphatic heterocycles. The zero-order valence-corrected chi connectivity index (χ0v) is 24.6. The van der Waals surface area contributed by atoms with Crippen molar-refractivity contribution in [3.05, 3.63) is 89.7 Å². The van der Waals surface area contributed by atoms with Gasteiger partial charge in [-0.3, -0.25) is 4.90 Å². The highest BCUT2D eigenvalue weighted by atomic mass is 32.2. The van der Waals surface area contributed by atoms with E-state index in [0.717, 1.165) is 17.3 Å². The van der Waals surface area contributed by atoms with Crippen molar-refractivity contribution in [3.63, 3.8) is 0 Å². The van der Waals surface area contributed by atoms with E-state index in [1.54, 1.807) is 42.5 Å². The molecule has 10 nitrogen and oxygen atoms in total. The van der Waals surface area contributed by atoms with E-state index in [1.165, 1.54) is 46.4 Å². The van der Waals surface area contributed by atoms with Crippen molar-refractivity contribution in [3.8, 4) is 22.8 Å². The van der Waals surface area contributed by atoms with E-state index in [-0.39, 0.29) is 23.1 Å². The number of amides is 2. The van der Waals surface area contributed by atoms with Crippen LogP contribution in [-0.4, -0.2) is 61.6 Å². The number of aliphatic hydroxyl groups is 1. The van der Waals surface area contributed by atoms with E-state index in [2.05, 4.69) is 30.3 Å². The smallest absolute Gasteiger partial charge is 0.406 e. The molecule has 2 heterocycles. The Morgan fingerprint density at radius 2 is 1.85 bits per heavy atom. The van der Waals surface area contributed by atoms with Gasteiger partial charge in [-0.25, -0.2) is 28.7 Å². The molecule has 16 heteroatoms. The van der Waals surface area contributed by atoms with Crippen LogP contribution in [0.4, 0.5) is 32.4 Å². The number of nitrogens with zero attached hydrogens (tertiary/aromatic N) is 6. The first-order valence-corrected chi connectivity index (χ1v) is 14.7. The van der Waals surface area contributed by atoms with Crippen molar-refractivity contribution in [1.82, 2.24) is 20.2 Å². The van der Waals surface area contributed by atoms with E-state index >= 15 is 0 Å². The molecule has 2 atom stereocenters. The van der Waals surface area contributed by atoms with Gasteiger partial charge in [-0.15, -0.1) is 18.3 Å². The normalized spacial score (nSPS) is 20.0. The summed E-state index contributed by atoms with van der Waals surface area (Å²) in [6, 6.07) is 16.3. The number of aliphatic imine (C=N–C) groups is 1. The summed E-state index contributed by atoms with van der Waals surface area (Å²) in [5.74, 6) is -3.55. The maximum absolute atomic E-state index is 13.9. The number of carbonyl (C=O) groups excluding carboxylic acids is 1. The monoisotopic (exact) mass is 657 g/mol. The highest BCUT2D eigenvalue weighted by Crippen LogP contribution is 2.58. The number of aromatic nitrogens is 3. The Kier molecular flexibility index (Phi) is 8.24. The Morgan fingerprint density at radius 3 is 2.52 bits per heavy atom. The number of hydrazone groups is 1. The lowest BCUT2D eigenvalue weighted by atomic mass is 10.0.